The summed E-state index contributed by atoms with van der Waals surface area (Å²) in [6, 6.07) is 72.4. The zero-order valence-electron chi connectivity index (χ0n) is 30.8. The minimum absolute atomic E-state index is 0.425. The van der Waals surface area contributed by atoms with Gasteiger partial charge in [0.2, 0.25) is 0 Å². The van der Waals surface area contributed by atoms with E-state index in [-0.39, 0.29) is 0 Å². The lowest BCUT2D eigenvalue weighted by atomic mass is 9.70. The van der Waals surface area contributed by atoms with E-state index in [1.54, 1.807) is 0 Å². The first-order valence-corrected chi connectivity index (χ1v) is 20.2. The maximum atomic E-state index is 2.53. The summed E-state index contributed by atoms with van der Waals surface area (Å²) in [6.07, 6.45) is 0. The summed E-state index contributed by atoms with van der Waals surface area (Å²) in [5.41, 5.74) is 17.5. The zero-order valence-corrected chi connectivity index (χ0v) is 31.6. The number of benzene rings is 9. The zero-order chi connectivity index (χ0) is 37.0. The van der Waals surface area contributed by atoms with Crippen molar-refractivity contribution in [1.82, 2.24) is 0 Å². The summed E-state index contributed by atoms with van der Waals surface area (Å²) < 4.78 is 2.65. The Morgan fingerprint density at radius 2 is 0.964 bits per heavy atom. The van der Waals surface area contributed by atoms with Gasteiger partial charge in [-0.05, 0) is 109 Å². The van der Waals surface area contributed by atoms with E-state index in [1.807, 2.05) is 11.3 Å². The lowest BCUT2D eigenvalue weighted by molar-refractivity contribution is 0.793. The first kappa shape index (κ1) is 31.6. The van der Waals surface area contributed by atoms with Gasteiger partial charge in [0.15, 0.2) is 0 Å². The SMILES string of the molecule is Cc1cccc2c1sc1c(N(c3ccc(-c4ccccc4)cc3)c3ccc4c(c3)C3(c5ccccc5-c5ccccc53)c3ccccc3-4)cc3ccccc3c12. The molecule has 56 heavy (non-hydrogen) atoms. The first-order chi connectivity index (χ1) is 27.7. The lowest BCUT2D eigenvalue weighted by Crippen LogP contribution is -2.26. The van der Waals surface area contributed by atoms with Crippen molar-refractivity contribution in [3.63, 3.8) is 0 Å². The van der Waals surface area contributed by atoms with Crippen LogP contribution in [0.3, 0.4) is 0 Å². The molecule has 2 aliphatic carbocycles. The Balaban J connectivity index is 1.17. The number of aryl methyl sites for hydroxylation is 1. The topological polar surface area (TPSA) is 3.24 Å². The van der Waals surface area contributed by atoms with Gasteiger partial charge in [0, 0.05) is 26.8 Å². The van der Waals surface area contributed by atoms with Gasteiger partial charge in [-0.3, -0.25) is 0 Å². The van der Waals surface area contributed by atoms with E-state index in [9.17, 15) is 0 Å². The Bertz CT molecular complexity index is 3140. The van der Waals surface area contributed by atoms with E-state index in [0.29, 0.717) is 0 Å². The molecule has 12 rings (SSSR count). The average Bonchev–Trinajstić information content (AvgIpc) is 3.90. The van der Waals surface area contributed by atoms with Crippen LogP contribution >= 0.6 is 11.3 Å². The van der Waals surface area contributed by atoms with E-state index in [1.165, 1.54) is 97.8 Å². The fraction of sp³-hybridized carbons (Fsp3) is 0.0370. The fourth-order valence-corrected chi connectivity index (χ4v) is 11.3. The predicted octanol–water partition coefficient (Wildman–Crippen LogP) is 15.0. The molecule has 0 N–H and O–H groups in total. The lowest BCUT2D eigenvalue weighted by Gasteiger charge is -2.32. The van der Waals surface area contributed by atoms with Gasteiger partial charge in [0.1, 0.15) is 0 Å². The molecular formula is C54H35NS. The molecule has 10 aromatic rings. The summed E-state index contributed by atoms with van der Waals surface area (Å²) in [6.45, 7) is 2.24. The number of hydrogen-bond donors (Lipinski definition) is 0. The molecule has 1 nitrogen and oxygen atoms in total. The third-order valence-electron chi connectivity index (χ3n) is 12.4. The van der Waals surface area contributed by atoms with Crippen LogP contribution in [-0.2, 0) is 5.41 Å². The van der Waals surface area contributed by atoms with E-state index in [0.717, 1.165) is 11.4 Å². The molecule has 1 aromatic heterocycles. The second kappa shape index (κ2) is 11.9. The Labute approximate surface area is 330 Å². The van der Waals surface area contributed by atoms with Gasteiger partial charge < -0.3 is 4.90 Å². The third kappa shape index (κ3) is 4.25. The number of anilines is 3. The minimum Gasteiger partial charge on any atom is -0.309 e. The van der Waals surface area contributed by atoms with Crippen molar-refractivity contribution in [2.45, 2.75) is 12.3 Å². The van der Waals surface area contributed by atoms with E-state index < -0.39 is 5.41 Å². The van der Waals surface area contributed by atoms with Crippen molar-refractivity contribution >= 4 is 59.3 Å². The molecule has 0 saturated carbocycles. The molecule has 9 aromatic carbocycles. The number of thiophene rings is 1. The summed E-state index contributed by atoms with van der Waals surface area (Å²) in [7, 11) is 0. The summed E-state index contributed by atoms with van der Waals surface area (Å²) in [5.74, 6) is 0. The molecule has 1 heterocycles. The van der Waals surface area contributed by atoms with Crippen LogP contribution in [0.15, 0.2) is 194 Å². The average molecular weight is 730 g/mol. The van der Waals surface area contributed by atoms with Crippen LogP contribution in [0.2, 0.25) is 0 Å². The highest BCUT2D eigenvalue weighted by Crippen LogP contribution is 2.63. The van der Waals surface area contributed by atoms with Gasteiger partial charge in [-0.1, -0.05) is 164 Å². The number of fused-ring (bicyclic) bond motifs is 15. The number of nitrogens with zero attached hydrogens (tertiary/aromatic N) is 1. The highest BCUT2D eigenvalue weighted by Gasteiger charge is 2.51. The maximum Gasteiger partial charge on any atom is 0.0726 e. The Morgan fingerprint density at radius 1 is 0.411 bits per heavy atom. The Morgan fingerprint density at radius 3 is 1.66 bits per heavy atom. The van der Waals surface area contributed by atoms with Crippen molar-refractivity contribution < 1.29 is 0 Å². The summed E-state index contributed by atoms with van der Waals surface area (Å²) in [4.78, 5) is 2.53. The predicted molar refractivity (Wildman–Crippen MR) is 238 cm³/mol. The second-order valence-corrected chi connectivity index (χ2v) is 16.3. The van der Waals surface area contributed by atoms with E-state index >= 15 is 0 Å². The molecule has 2 aliphatic rings. The van der Waals surface area contributed by atoms with Crippen LogP contribution in [0.25, 0.3) is 64.3 Å². The quantitative estimate of drug-likeness (QED) is 0.174. The molecular weight excluding hydrogens is 695 g/mol. The number of hydrogen-bond acceptors (Lipinski definition) is 2. The Kier molecular flexibility index (Phi) is 6.70. The minimum atomic E-state index is -0.425. The highest BCUT2D eigenvalue weighted by molar-refractivity contribution is 7.26. The van der Waals surface area contributed by atoms with Gasteiger partial charge in [0.05, 0.1) is 15.8 Å². The molecule has 0 radical (unpaired) electrons. The molecule has 0 amide bonds. The second-order valence-electron chi connectivity index (χ2n) is 15.2. The van der Waals surface area contributed by atoms with Gasteiger partial charge >= 0.3 is 0 Å². The monoisotopic (exact) mass is 729 g/mol. The molecule has 2 heteroatoms. The third-order valence-corrected chi connectivity index (χ3v) is 13.7. The van der Waals surface area contributed by atoms with Crippen molar-refractivity contribution in [3.05, 3.63) is 222 Å². The van der Waals surface area contributed by atoms with Crippen LogP contribution in [-0.4, -0.2) is 0 Å². The van der Waals surface area contributed by atoms with Crippen molar-refractivity contribution in [2.75, 3.05) is 4.90 Å². The van der Waals surface area contributed by atoms with Crippen molar-refractivity contribution in [3.8, 4) is 33.4 Å². The molecule has 0 fully saturated rings. The van der Waals surface area contributed by atoms with Crippen molar-refractivity contribution in [2.24, 2.45) is 0 Å². The molecule has 1 spiro atoms. The van der Waals surface area contributed by atoms with Gasteiger partial charge in [0.25, 0.3) is 0 Å². The van der Waals surface area contributed by atoms with Crippen LogP contribution in [0.5, 0.6) is 0 Å². The first-order valence-electron chi connectivity index (χ1n) is 19.4. The number of rotatable bonds is 4. The van der Waals surface area contributed by atoms with Gasteiger partial charge in [-0.15, -0.1) is 11.3 Å². The maximum absolute atomic E-state index is 2.53. The normalized spacial score (nSPS) is 13.2. The summed E-state index contributed by atoms with van der Waals surface area (Å²) >= 11 is 1.92. The van der Waals surface area contributed by atoms with E-state index in [4.69, 9.17) is 0 Å². The molecule has 0 saturated heterocycles. The molecule has 0 atom stereocenters. The van der Waals surface area contributed by atoms with Gasteiger partial charge in [-0.2, -0.15) is 0 Å². The Hall–Kier alpha value is -6.74. The van der Waals surface area contributed by atoms with E-state index in [2.05, 4.69) is 206 Å². The smallest absolute Gasteiger partial charge is 0.0726 e. The molecule has 0 unspecified atom stereocenters. The van der Waals surface area contributed by atoms with Crippen LogP contribution in [0, 0.1) is 6.92 Å². The fourth-order valence-electron chi connectivity index (χ4n) is 10.0. The standard InChI is InChI=1S/C54H35NS/c1-34-14-13-22-45-51-40-18-6-5-17-37(40)32-50(53(51)56-52(34)45)55(38-28-26-36(27-29-38)35-15-3-2-4-16-35)39-30-31-44-43-21-9-12-25-48(43)54(49(44)33-39)46-23-10-7-19-41(46)42-20-8-11-24-47(42)54/h2-33H,1H3. The van der Waals surface area contributed by atoms with Crippen molar-refractivity contribution in [1.29, 1.82) is 0 Å². The van der Waals surface area contributed by atoms with Crippen LogP contribution in [0.1, 0.15) is 27.8 Å². The van der Waals surface area contributed by atoms with Crippen LogP contribution < -0.4 is 4.90 Å². The van der Waals surface area contributed by atoms with Crippen LogP contribution in [0.4, 0.5) is 17.1 Å². The molecule has 0 bridgehead atoms. The largest absolute Gasteiger partial charge is 0.309 e. The highest BCUT2D eigenvalue weighted by atomic mass is 32.1. The van der Waals surface area contributed by atoms with Gasteiger partial charge in [-0.25, -0.2) is 0 Å². The molecule has 262 valence electrons. The molecule has 0 aliphatic heterocycles. The summed E-state index contributed by atoms with van der Waals surface area (Å²) in [5, 5.41) is 5.19.